The predicted octanol–water partition coefficient (Wildman–Crippen LogP) is 5.99. The Bertz CT molecular complexity index is 891. The first-order chi connectivity index (χ1) is 15.3. The molecule has 0 saturated heterocycles. The molecule has 3 aromatic carbocycles. The first-order valence-corrected chi connectivity index (χ1v) is 13.8. The predicted molar refractivity (Wildman–Crippen MR) is 139 cm³/mol. The molecule has 0 saturated carbocycles. The topological polar surface area (TPSA) is 18.5 Å². The Kier molecular flexibility index (Phi) is 8.98. The van der Waals surface area contributed by atoms with Gasteiger partial charge in [0.1, 0.15) is 0 Å². The molecule has 0 aliphatic heterocycles. The Labute approximate surface area is 203 Å². The maximum Gasteiger partial charge on any atom is 0.261 e. The van der Waals surface area contributed by atoms with Gasteiger partial charge in [0.15, 0.2) is 0 Å². The number of rotatable bonds is 10. The molecule has 0 N–H and O–H groups in total. The van der Waals surface area contributed by atoms with E-state index < -0.39 is 8.32 Å². The summed E-state index contributed by atoms with van der Waals surface area (Å²) in [6, 6.07) is 31.2. The molecule has 2 nitrogen and oxygen atoms in total. The first-order valence-electron chi connectivity index (χ1n) is 11.0. The molecule has 0 aliphatic rings. The number of halogens is 2. The van der Waals surface area contributed by atoms with Crippen molar-refractivity contribution in [3.05, 3.63) is 96.6 Å². The van der Waals surface area contributed by atoms with Crippen LogP contribution >= 0.6 is 23.2 Å². The van der Waals surface area contributed by atoms with E-state index in [0.29, 0.717) is 19.8 Å². The van der Waals surface area contributed by atoms with Gasteiger partial charge in [-0.1, -0.05) is 112 Å². The summed E-state index contributed by atoms with van der Waals surface area (Å²) in [7, 11) is -2.63. The van der Waals surface area contributed by atoms with Crippen molar-refractivity contribution in [3.8, 4) is 0 Å². The summed E-state index contributed by atoms with van der Waals surface area (Å²) in [4.78, 5) is 0. The molecule has 2 atom stereocenters. The molecule has 0 amide bonds. The van der Waals surface area contributed by atoms with Gasteiger partial charge in [0.05, 0.1) is 30.6 Å². The van der Waals surface area contributed by atoms with Crippen molar-refractivity contribution in [2.75, 3.05) is 13.2 Å². The fraction of sp³-hybridized carbons (Fsp3) is 0.333. The fourth-order valence-electron chi connectivity index (χ4n) is 4.04. The third-order valence-corrected chi connectivity index (χ3v) is 11.7. The number of hydrogen-bond acceptors (Lipinski definition) is 2. The zero-order chi connectivity index (χ0) is 23.0. The third kappa shape index (κ3) is 6.03. The van der Waals surface area contributed by atoms with Crippen LogP contribution in [0.4, 0.5) is 0 Å². The monoisotopic (exact) mass is 486 g/mol. The van der Waals surface area contributed by atoms with E-state index in [-0.39, 0.29) is 15.8 Å². The Hall–Kier alpha value is -1.62. The van der Waals surface area contributed by atoms with Crippen molar-refractivity contribution in [1.29, 1.82) is 0 Å². The molecule has 5 heteroatoms. The van der Waals surface area contributed by atoms with Crippen molar-refractivity contribution in [2.45, 2.75) is 43.2 Å². The molecule has 170 valence electrons. The Morgan fingerprint density at radius 1 is 0.688 bits per heavy atom. The van der Waals surface area contributed by atoms with Crippen LogP contribution in [0, 0.1) is 0 Å². The number of hydrogen-bond donors (Lipinski definition) is 0. The highest BCUT2D eigenvalue weighted by Gasteiger charge is 2.50. The van der Waals surface area contributed by atoms with Crippen molar-refractivity contribution in [2.24, 2.45) is 0 Å². The summed E-state index contributed by atoms with van der Waals surface area (Å²) in [6.45, 7) is 8.01. The molecule has 0 radical (unpaired) electrons. The molecular weight excluding hydrogens is 455 g/mol. The van der Waals surface area contributed by atoms with E-state index in [1.807, 2.05) is 42.5 Å². The SMILES string of the molecule is CC(C)(C)[Si](OC[C@@H](Cl)[C@@H](Cl)COCc1ccccc1)(c1ccccc1)c1ccccc1. The lowest BCUT2D eigenvalue weighted by Gasteiger charge is -2.43. The molecule has 3 aromatic rings. The molecule has 0 heterocycles. The van der Waals surface area contributed by atoms with Gasteiger partial charge in [-0.15, -0.1) is 23.2 Å². The molecule has 0 fully saturated rings. The van der Waals surface area contributed by atoms with Gasteiger partial charge in [-0.3, -0.25) is 0 Å². The van der Waals surface area contributed by atoms with Crippen LogP contribution in [0.2, 0.25) is 5.04 Å². The fourth-order valence-corrected chi connectivity index (χ4v) is 9.03. The minimum atomic E-state index is -2.63. The maximum atomic E-state index is 6.88. The van der Waals surface area contributed by atoms with Crippen molar-refractivity contribution >= 4 is 41.9 Å². The summed E-state index contributed by atoms with van der Waals surface area (Å²) < 4.78 is 12.7. The van der Waals surface area contributed by atoms with Crippen LogP contribution in [0.15, 0.2) is 91.0 Å². The second kappa shape index (κ2) is 11.5. The summed E-state index contributed by atoms with van der Waals surface area (Å²) in [5, 5.41) is 1.65. The lowest BCUT2D eigenvalue weighted by atomic mass is 10.2. The van der Waals surface area contributed by atoms with Gasteiger partial charge in [0.2, 0.25) is 0 Å². The second-order valence-electron chi connectivity index (χ2n) is 9.01. The minimum Gasteiger partial charge on any atom is -0.406 e. The quantitative estimate of drug-likeness (QED) is 0.258. The number of alkyl halides is 2. The van der Waals surface area contributed by atoms with Crippen LogP contribution < -0.4 is 10.4 Å². The van der Waals surface area contributed by atoms with Crippen LogP contribution in [0.5, 0.6) is 0 Å². The lowest BCUT2D eigenvalue weighted by Crippen LogP contribution is -2.67. The number of benzene rings is 3. The Balaban J connectivity index is 1.75. The zero-order valence-corrected chi connectivity index (χ0v) is 21.5. The minimum absolute atomic E-state index is 0.0993. The van der Waals surface area contributed by atoms with Crippen LogP contribution in [-0.4, -0.2) is 32.3 Å². The number of ether oxygens (including phenoxy) is 1. The van der Waals surface area contributed by atoms with Crippen LogP contribution in [0.3, 0.4) is 0 Å². The molecular formula is C27H32Cl2O2Si. The van der Waals surface area contributed by atoms with E-state index >= 15 is 0 Å². The molecule has 3 rings (SSSR count). The molecule has 32 heavy (non-hydrogen) atoms. The van der Waals surface area contributed by atoms with Gasteiger partial charge in [-0.2, -0.15) is 0 Å². The van der Waals surface area contributed by atoms with Gasteiger partial charge < -0.3 is 9.16 Å². The van der Waals surface area contributed by atoms with Crippen molar-refractivity contribution in [1.82, 2.24) is 0 Å². The zero-order valence-electron chi connectivity index (χ0n) is 19.0. The average Bonchev–Trinajstić information content (AvgIpc) is 2.80. The first kappa shape index (κ1) is 25.0. The van der Waals surface area contributed by atoms with E-state index in [0.717, 1.165) is 5.56 Å². The van der Waals surface area contributed by atoms with Gasteiger partial charge in [-0.25, -0.2) is 0 Å². The molecule has 0 bridgehead atoms. The van der Waals surface area contributed by atoms with E-state index in [1.165, 1.54) is 10.4 Å². The second-order valence-corrected chi connectivity index (χ2v) is 14.4. The van der Waals surface area contributed by atoms with E-state index in [4.69, 9.17) is 32.4 Å². The highest BCUT2D eigenvalue weighted by atomic mass is 35.5. The largest absolute Gasteiger partial charge is 0.406 e. The van der Waals surface area contributed by atoms with Crippen LogP contribution in [0.1, 0.15) is 26.3 Å². The van der Waals surface area contributed by atoms with Crippen LogP contribution in [-0.2, 0) is 15.8 Å². The lowest BCUT2D eigenvalue weighted by molar-refractivity contribution is 0.116. The molecule has 0 spiro atoms. The van der Waals surface area contributed by atoms with Gasteiger partial charge >= 0.3 is 0 Å². The average molecular weight is 488 g/mol. The summed E-state index contributed by atoms with van der Waals surface area (Å²) >= 11 is 13.3. The van der Waals surface area contributed by atoms with Crippen LogP contribution in [0.25, 0.3) is 0 Å². The third-order valence-electron chi connectivity index (χ3n) is 5.66. The van der Waals surface area contributed by atoms with Gasteiger partial charge in [0, 0.05) is 0 Å². The molecule has 0 aromatic heterocycles. The summed E-state index contributed by atoms with van der Waals surface area (Å²) in [5.41, 5.74) is 1.12. The maximum absolute atomic E-state index is 6.88. The van der Waals surface area contributed by atoms with Gasteiger partial charge in [-0.05, 0) is 21.0 Å². The van der Waals surface area contributed by atoms with Gasteiger partial charge in [0.25, 0.3) is 8.32 Å². The van der Waals surface area contributed by atoms with E-state index in [2.05, 4.69) is 69.3 Å². The summed E-state index contributed by atoms with van der Waals surface area (Å²) in [5.74, 6) is 0. The van der Waals surface area contributed by atoms with E-state index in [1.54, 1.807) is 0 Å². The summed E-state index contributed by atoms with van der Waals surface area (Å²) in [6.07, 6.45) is 0. The smallest absolute Gasteiger partial charge is 0.261 e. The van der Waals surface area contributed by atoms with Crippen molar-refractivity contribution in [3.63, 3.8) is 0 Å². The normalized spacial score (nSPS) is 14.2. The highest BCUT2D eigenvalue weighted by Crippen LogP contribution is 2.37. The Morgan fingerprint density at radius 3 is 1.59 bits per heavy atom. The molecule has 0 aliphatic carbocycles. The Morgan fingerprint density at radius 2 is 1.12 bits per heavy atom. The molecule has 0 unspecified atom stereocenters. The van der Waals surface area contributed by atoms with Crippen molar-refractivity contribution < 1.29 is 9.16 Å². The van der Waals surface area contributed by atoms with E-state index in [9.17, 15) is 0 Å². The highest BCUT2D eigenvalue weighted by molar-refractivity contribution is 6.99. The standard InChI is InChI=1S/C27H32Cl2O2Si/c1-27(2,3)32(23-15-9-5-10-16-23,24-17-11-6-12-18-24)31-21-26(29)25(28)20-30-19-22-13-7-4-8-14-22/h4-18,25-26H,19-21H2,1-3H3/t25-,26+/m0/s1.